The van der Waals surface area contributed by atoms with Gasteiger partial charge in [-0.05, 0) is 30.7 Å². The van der Waals surface area contributed by atoms with Crippen LogP contribution in [0.1, 0.15) is 30.6 Å². The fraction of sp³-hybridized carbons (Fsp3) is 0.533. The third kappa shape index (κ3) is 6.03. The minimum absolute atomic E-state index is 0.0972. The van der Waals surface area contributed by atoms with Crippen LogP contribution in [0.5, 0.6) is 0 Å². The van der Waals surface area contributed by atoms with E-state index in [0.717, 1.165) is 4.90 Å². The molecule has 6 nitrogen and oxygen atoms in total. The van der Waals surface area contributed by atoms with Gasteiger partial charge < -0.3 is 10.1 Å². The number of hydrogen-bond acceptors (Lipinski definition) is 5. The summed E-state index contributed by atoms with van der Waals surface area (Å²) in [5.41, 5.74) is -0.0775. The van der Waals surface area contributed by atoms with E-state index in [1.165, 1.54) is 17.8 Å². The first-order valence-electron chi connectivity index (χ1n) is 7.14. The molecule has 122 valence electrons. The standard InChI is InChI=1S/C15H22N2O4S/c1-11(2)10-21-8-4-7-16-15(18)13-9-12(22-3)5-6-14(13)17(19)20/h5-6,9,11H,4,7-8,10H2,1-3H3,(H,16,18). The summed E-state index contributed by atoms with van der Waals surface area (Å²) in [7, 11) is 0. The first kappa shape index (κ1) is 18.4. The van der Waals surface area contributed by atoms with Gasteiger partial charge in [0.05, 0.1) is 4.92 Å². The Balaban J connectivity index is 2.55. The summed E-state index contributed by atoms with van der Waals surface area (Å²) in [6.07, 6.45) is 2.53. The number of benzene rings is 1. The summed E-state index contributed by atoms with van der Waals surface area (Å²) in [6.45, 7) is 5.82. The fourth-order valence-corrected chi connectivity index (χ4v) is 2.21. The molecule has 1 rings (SSSR count). The van der Waals surface area contributed by atoms with Gasteiger partial charge in [0.2, 0.25) is 0 Å². The molecule has 0 radical (unpaired) electrons. The van der Waals surface area contributed by atoms with Crippen molar-refractivity contribution in [1.29, 1.82) is 0 Å². The topological polar surface area (TPSA) is 81.5 Å². The molecule has 0 bridgehead atoms. The smallest absolute Gasteiger partial charge is 0.282 e. The monoisotopic (exact) mass is 326 g/mol. The van der Waals surface area contributed by atoms with E-state index in [-0.39, 0.29) is 11.3 Å². The molecule has 0 aromatic heterocycles. The Morgan fingerprint density at radius 2 is 2.18 bits per heavy atom. The first-order chi connectivity index (χ1) is 10.5. The Morgan fingerprint density at radius 1 is 1.45 bits per heavy atom. The van der Waals surface area contributed by atoms with E-state index in [4.69, 9.17) is 4.74 Å². The second-order valence-corrected chi connectivity index (χ2v) is 6.10. The van der Waals surface area contributed by atoms with Crippen molar-refractivity contribution in [2.45, 2.75) is 25.2 Å². The molecule has 0 aliphatic rings. The van der Waals surface area contributed by atoms with Crippen molar-refractivity contribution in [1.82, 2.24) is 5.32 Å². The molecule has 1 amide bonds. The van der Waals surface area contributed by atoms with Crippen molar-refractivity contribution < 1.29 is 14.5 Å². The van der Waals surface area contributed by atoms with Gasteiger partial charge in [-0.3, -0.25) is 14.9 Å². The predicted octanol–water partition coefficient (Wildman–Crippen LogP) is 3.11. The Kier molecular flexibility index (Phi) is 7.90. The number of nitro benzene ring substituents is 1. The normalized spacial score (nSPS) is 10.7. The summed E-state index contributed by atoms with van der Waals surface area (Å²) in [6, 6.07) is 4.55. The second-order valence-electron chi connectivity index (χ2n) is 5.22. The van der Waals surface area contributed by atoms with Crippen molar-refractivity contribution >= 4 is 23.4 Å². The summed E-state index contributed by atoms with van der Waals surface area (Å²) in [5.74, 6) is 0.0537. The minimum Gasteiger partial charge on any atom is -0.381 e. The molecule has 0 heterocycles. The van der Waals surface area contributed by atoms with E-state index < -0.39 is 10.8 Å². The van der Waals surface area contributed by atoms with Crippen LogP contribution in [-0.2, 0) is 4.74 Å². The van der Waals surface area contributed by atoms with Crippen LogP contribution in [0.4, 0.5) is 5.69 Å². The molecule has 0 saturated carbocycles. The SMILES string of the molecule is CSc1ccc([N+](=O)[O-])c(C(=O)NCCCOCC(C)C)c1. The highest BCUT2D eigenvalue weighted by molar-refractivity contribution is 7.98. The fourth-order valence-electron chi connectivity index (χ4n) is 1.77. The molecule has 0 aliphatic carbocycles. The third-order valence-corrected chi connectivity index (χ3v) is 3.57. The number of amides is 1. The summed E-state index contributed by atoms with van der Waals surface area (Å²) in [5, 5.41) is 13.7. The number of rotatable bonds is 9. The maximum absolute atomic E-state index is 12.1. The lowest BCUT2D eigenvalue weighted by Gasteiger charge is -2.08. The van der Waals surface area contributed by atoms with Crippen molar-refractivity contribution in [3.63, 3.8) is 0 Å². The number of nitrogens with zero attached hydrogens (tertiary/aromatic N) is 1. The maximum atomic E-state index is 12.1. The van der Waals surface area contributed by atoms with Gasteiger partial charge >= 0.3 is 0 Å². The zero-order valence-electron chi connectivity index (χ0n) is 13.1. The van der Waals surface area contributed by atoms with Crippen LogP contribution in [0.25, 0.3) is 0 Å². The quantitative estimate of drug-likeness (QED) is 0.326. The van der Waals surface area contributed by atoms with Crippen molar-refractivity contribution in [2.75, 3.05) is 26.0 Å². The first-order valence-corrected chi connectivity index (χ1v) is 8.36. The van der Waals surface area contributed by atoms with E-state index in [2.05, 4.69) is 19.2 Å². The summed E-state index contributed by atoms with van der Waals surface area (Å²) < 4.78 is 5.42. The van der Waals surface area contributed by atoms with E-state index in [9.17, 15) is 14.9 Å². The lowest BCUT2D eigenvalue weighted by atomic mass is 10.1. The zero-order valence-corrected chi connectivity index (χ0v) is 13.9. The summed E-state index contributed by atoms with van der Waals surface area (Å²) >= 11 is 1.44. The van der Waals surface area contributed by atoms with Crippen molar-refractivity contribution in [2.24, 2.45) is 5.92 Å². The molecular weight excluding hydrogens is 304 g/mol. The number of thioether (sulfide) groups is 1. The molecule has 0 fully saturated rings. The number of carbonyl (C=O) groups excluding carboxylic acids is 1. The third-order valence-electron chi connectivity index (χ3n) is 2.85. The lowest BCUT2D eigenvalue weighted by Crippen LogP contribution is -2.26. The number of nitro groups is 1. The van der Waals surface area contributed by atoms with Crippen LogP contribution in [0.15, 0.2) is 23.1 Å². The van der Waals surface area contributed by atoms with Gasteiger partial charge in [-0.25, -0.2) is 0 Å². The second kappa shape index (κ2) is 9.42. The molecule has 7 heteroatoms. The predicted molar refractivity (Wildman–Crippen MR) is 87.5 cm³/mol. The van der Waals surface area contributed by atoms with Gasteiger partial charge in [0.25, 0.3) is 11.6 Å². The van der Waals surface area contributed by atoms with Crippen LogP contribution in [0, 0.1) is 16.0 Å². The Bertz CT molecular complexity index is 520. The average molecular weight is 326 g/mol. The van der Waals surface area contributed by atoms with Gasteiger partial charge in [0.1, 0.15) is 5.56 Å². The molecule has 22 heavy (non-hydrogen) atoms. The van der Waals surface area contributed by atoms with Crippen LogP contribution < -0.4 is 5.32 Å². The molecule has 1 aromatic carbocycles. The van der Waals surface area contributed by atoms with Gasteiger partial charge in [-0.1, -0.05) is 13.8 Å². The van der Waals surface area contributed by atoms with E-state index in [1.54, 1.807) is 12.1 Å². The van der Waals surface area contributed by atoms with Gasteiger partial charge in [0.15, 0.2) is 0 Å². The highest BCUT2D eigenvalue weighted by Crippen LogP contribution is 2.24. The highest BCUT2D eigenvalue weighted by Gasteiger charge is 2.20. The highest BCUT2D eigenvalue weighted by atomic mass is 32.2. The van der Waals surface area contributed by atoms with Gasteiger partial charge in [0, 0.05) is 30.7 Å². The molecule has 1 aromatic rings. The Hall–Kier alpha value is -1.60. The average Bonchev–Trinajstić information content (AvgIpc) is 2.49. The number of ether oxygens (including phenoxy) is 1. The molecular formula is C15H22N2O4S. The number of nitrogens with one attached hydrogen (secondary N) is 1. The maximum Gasteiger partial charge on any atom is 0.282 e. The number of hydrogen-bond donors (Lipinski definition) is 1. The molecule has 0 atom stereocenters. The van der Waals surface area contributed by atoms with E-state index in [0.29, 0.717) is 32.1 Å². The molecule has 0 saturated heterocycles. The van der Waals surface area contributed by atoms with Gasteiger partial charge in [-0.15, -0.1) is 11.8 Å². The Labute approximate surface area is 134 Å². The van der Waals surface area contributed by atoms with E-state index in [1.807, 2.05) is 6.26 Å². The number of carbonyl (C=O) groups is 1. The largest absolute Gasteiger partial charge is 0.381 e. The summed E-state index contributed by atoms with van der Waals surface area (Å²) in [4.78, 5) is 23.4. The molecule has 1 N–H and O–H groups in total. The van der Waals surface area contributed by atoms with Gasteiger partial charge in [-0.2, -0.15) is 0 Å². The molecule has 0 unspecified atom stereocenters. The van der Waals surface area contributed by atoms with E-state index >= 15 is 0 Å². The van der Waals surface area contributed by atoms with Crippen molar-refractivity contribution in [3.05, 3.63) is 33.9 Å². The molecule has 0 spiro atoms. The van der Waals surface area contributed by atoms with Crippen LogP contribution in [-0.4, -0.2) is 36.8 Å². The lowest BCUT2D eigenvalue weighted by molar-refractivity contribution is -0.385. The Morgan fingerprint density at radius 3 is 2.77 bits per heavy atom. The zero-order chi connectivity index (χ0) is 16.5. The van der Waals surface area contributed by atoms with Crippen LogP contribution in [0.3, 0.4) is 0 Å². The van der Waals surface area contributed by atoms with Crippen molar-refractivity contribution in [3.8, 4) is 0 Å². The minimum atomic E-state index is -0.537. The van der Waals surface area contributed by atoms with Crippen LogP contribution in [0.2, 0.25) is 0 Å². The molecule has 0 aliphatic heterocycles. The van der Waals surface area contributed by atoms with Crippen LogP contribution >= 0.6 is 11.8 Å².